The molecular formula is C16H14N4O. The minimum atomic E-state index is 0.546. The Morgan fingerprint density at radius 2 is 1.38 bits per heavy atom. The maximum atomic E-state index is 5.20. The van der Waals surface area contributed by atoms with Crippen LogP contribution in [0.3, 0.4) is 0 Å². The van der Waals surface area contributed by atoms with Crippen LogP contribution >= 0.6 is 0 Å². The van der Waals surface area contributed by atoms with Crippen molar-refractivity contribution in [2.45, 2.75) is 0 Å². The molecule has 0 saturated carbocycles. The predicted octanol–water partition coefficient (Wildman–Crippen LogP) is 3.35. The first-order valence-electron chi connectivity index (χ1n) is 6.52. The number of hydrogen-bond acceptors (Lipinski definition) is 5. The zero-order valence-electron chi connectivity index (χ0n) is 11.5. The predicted molar refractivity (Wildman–Crippen MR) is 81.1 cm³/mol. The average Bonchev–Trinajstić information content (AvgIpc) is 2.57. The highest BCUT2D eigenvalue weighted by Crippen LogP contribution is 2.30. The lowest BCUT2D eigenvalue weighted by Crippen LogP contribution is -2.14. The summed E-state index contributed by atoms with van der Waals surface area (Å²) in [4.78, 5) is 15.1. The maximum absolute atomic E-state index is 5.20. The Morgan fingerprint density at radius 1 is 0.762 bits per heavy atom. The van der Waals surface area contributed by atoms with Gasteiger partial charge >= 0.3 is 0 Å². The molecule has 0 saturated heterocycles. The van der Waals surface area contributed by atoms with Crippen LogP contribution < -0.4 is 9.64 Å². The fourth-order valence-electron chi connectivity index (χ4n) is 1.97. The highest BCUT2D eigenvalue weighted by molar-refractivity contribution is 5.69. The molecule has 0 fully saturated rings. The largest absolute Gasteiger partial charge is 0.481 e. The lowest BCUT2D eigenvalue weighted by atomic mass is 10.3. The lowest BCUT2D eigenvalue weighted by molar-refractivity contribution is 0.398. The van der Waals surface area contributed by atoms with E-state index >= 15 is 0 Å². The van der Waals surface area contributed by atoms with Gasteiger partial charge in [-0.15, -0.1) is 0 Å². The summed E-state index contributed by atoms with van der Waals surface area (Å²) >= 11 is 0. The van der Waals surface area contributed by atoms with Gasteiger partial charge in [0.1, 0.15) is 17.5 Å². The second-order valence-corrected chi connectivity index (χ2v) is 4.25. The van der Waals surface area contributed by atoms with Gasteiger partial charge in [-0.3, -0.25) is 4.90 Å². The van der Waals surface area contributed by atoms with Crippen LogP contribution in [0, 0.1) is 0 Å². The lowest BCUT2D eigenvalue weighted by Gasteiger charge is -2.21. The molecule has 0 aliphatic heterocycles. The highest BCUT2D eigenvalue weighted by Gasteiger charge is 2.15. The van der Waals surface area contributed by atoms with Crippen LogP contribution in [0.15, 0.2) is 67.0 Å². The smallest absolute Gasteiger partial charge is 0.214 e. The Balaban J connectivity index is 2.12. The topological polar surface area (TPSA) is 51.1 Å². The molecule has 0 aromatic carbocycles. The fourth-order valence-corrected chi connectivity index (χ4v) is 1.97. The normalized spacial score (nSPS) is 10.1. The molecule has 3 rings (SSSR count). The van der Waals surface area contributed by atoms with Crippen LogP contribution in [0.1, 0.15) is 0 Å². The van der Waals surface area contributed by atoms with Gasteiger partial charge in [0.25, 0.3) is 0 Å². The molecule has 0 amide bonds. The molecule has 0 aliphatic rings. The van der Waals surface area contributed by atoms with Crippen LogP contribution in [0.25, 0.3) is 0 Å². The van der Waals surface area contributed by atoms with Gasteiger partial charge in [0.05, 0.1) is 7.11 Å². The molecule has 0 atom stereocenters. The number of hydrogen-bond donors (Lipinski definition) is 0. The molecule has 3 heterocycles. The van der Waals surface area contributed by atoms with E-state index in [1.165, 1.54) is 0 Å². The highest BCUT2D eigenvalue weighted by atomic mass is 16.5. The molecule has 0 aliphatic carbocycles. The molecule has 0 unspecified atom stereocenters. The summed E-state index contributed by atoms with van der Waals surface area (Å²) in [6.45, 7) is 0. The zero-order valence-corrected chi connectivity index (χ0v) is 11.5. The molecule has 5 heteroatoms. The minimum absolute atomic E-state index is 0.546. The summed E-state index contributed by atoms with van der Waals surface area (Å²) in [5.74, 6) is 2.74. The number of anilines is 3. The van der Waals surface area contributed by atoms with E-state index in [0.717, 1.165) is 11.6 Å². The van der Waals surface area contributed by atoms with Crippen LogP contribution in [0.5, 0.6) is 5.88 Å². The third kappa shape index (κ3) is 2.81. The Labute approximate surface area is 122 Å². The number of rotatable bonds is 4. The monoisotopic (exact) mass is 278 g/mol. The summed E-state index contributed by atoms with van der Waals surface area (Å²) in [6, 6.07) is 17.0. The number of aromatic nitrogens is 3. The Hall–Kier alpha value is -2.95. The Kier molecular flexibility index (Phi) is 3.73. The van der Waals surface area contributed by atoms with E-state index < -0.39 is 0 Å². The first kappa shape index (κ1) is 13.1. The van der Waals surface area contributed by atoms with Gasteiger partial charge in [-0.25, -0.2) is 9.97 Å². The van der Waals surface area contributed by atoms with Crippen molar-refractivity contribution >= 4 is 17.5 Å². The molecule has 0 spiro atoms. The van der Waals surface area contributed by atoms with E-state index in [9.17, 15) is 0 Å². The van der Waals surface area contributed by atoms with Gasteiger partial charge in [-0.05, 0) is 30.3 Å². The van der Waals surface area contributed by atoms with E-state index in [4.69, 9.17) is 4.74 Å². The molecule has 3 aromatic rings. The Bertz CT molecular complexity index is 664. The summed E-state index contributed by atoms with van der Waals surface area (Å²) in [5, 5.41) is 0. The third-order valence-electron chi connectivity index (χ3n) is 2.90. The van der Waals surface area contributed by atoms with Crippen LogP contribution in [0.4, 0.5) is 17.5 Å². The van der Waals surface area contributed by atoms with Crippen molar-refractivity contribution in [1.82, 2.24) is 15.0 Å². The van der Waals surface area contributed by atoms with Gasteiger partial charge in [-0.2, -0.15) is 4.98 Å². The SMILES string of the molecule is COc1cccc(N(c2ccccn2)c2ccccn2)n1. The van der Waals surface area contributed by atoms with Crippen molar-refractivity contribution < 1.29 is 4.74 Å². The van der Waals surface area contributed by atoms with Crippen molar-refractivity contribution in [3.8, 4) is 5.88 Å². The van der Waals surface area contributed by atoms with E-state index in [2.05, 4.69) is 15.0 Å². The molecule has 0 bridgehead atoms. The Morgan fingerprint density at radius 3 is 1.90 bits per heavy atom. The summed E-state index contributed by atoms with van der Waals surface area (Å²) in [7, 11) is 1.60. The minimum Gasteiger partial charge on any atom is -0.481 e. The maximum Gasteiger partial charge on any atom is 0.214 e. The van der Waals surface area contributed by atoms with Crippen LogP contribution in [0.2, 0.25) is 0 Å². The number of methoxy groups -OCH3 is 1. The molecular weight excluding hydrogens is 264 g/mol. The molecule has 21 heavy (non-hydrogen) atoms. The van der Waals surface area contributed by atoms with E-state index in [0.29, 0.717) is 11.7 Å². The van der Waals surface area contributed by atoms with Crippen molar-refractivity contribution in [3.05, 3.63) is 67.0 Å². The molecule has 5 nitrogen and oxygen atoms in total. The summed E-state index contributed by atoms with van der Waals surface area (Å²) < 4.78 is 5.20. The van der Waals surface area contributed by atoms with Crippen molar-refractivity contribution in [2.24, 2.45) is 0 Å². The second-order valence-electron chi connectivity index (χ2n) is 4.25. The zero-order chi connectivity index (χ0) is 14.5. The van der Waals surface area contributed by atoms with Gasteiger partial charge in [0.2, 0.25) is 5.88 Å². The van der Waals surface area contributed by atoms with E-state index in [-0.39, 0.29) is 0 Å². The summed E-state index contributed by atoms with van der Waals surface area (Å²) in [5.41, 5.74) is 0. The number of pyridine rings is 3. The van der Waals surface area contributed by atoms with Crippen molar-refractivity contribution in [1.29, 1.82) is 0 Å². The number of nitrogens with zero attached hydrogens (tertiary/aromatic N) is 4. The fraction of sp³-hybridized carbons (Fsp3) is 0.0625. The molecule has 104 valence electrons. The van der Waals surface area contributed by atoms with Gasteiger partial charge in [0, 0.05) is 18.5 Å². The standard InChI is InChI=1S/C16H14N4O/c1-21-16-10-6-9-15(19-16)20(13-7-2-4-11-17-13)14-8-3-5-12-18-14/h2-12H,1H3. The molecule has 0 radical (unpaired) electrons. The van der Waals surface area contributed by atoms with Gasteiger partial charge in [-0.1, -0.05) is 18.2 Å². The van der Waals surface area contributed by atoms with Gasteiger partial charge < -0.3 is 4.74 Å². The first-order chi connectivity index (χ1) is 10.4. The molecule has 3 aromatic heterocycles. The van der Waals surface area contributed by atoms with Gasteiger partial charge in [0.15, 0.2) is 0 Å². The quantitative estimate of drug-likeness (QED) is 0.732. The van der Waals surface area contributed by atoms with E-state index in [1.54, 1.807) is 25.6 Å². The average molecular weight is 278 g/mol. The second kappa shape index (κ2) is 6.00. The van der Waals surface area contributed by atoms with Crippen molar-refractivity contribution in [3.63, 3.8) is 0 Å². The third-order valence-corrected chi connectivity index (χ3v) is 2.90. The molecule has 0 N–H and O–H groups in total. The van der Waals surface area contributed by atoms with Crippen LogP contribution in [-0.4, -0.2) is 22.1 Å². The van der Waals surface area contributed by atoms with Crippen LogP contribution in [-0.2, 0) is 0 Å². The number of ether oxygens (including phenoxy) is 1. The van der Waals surface area contributed by atoms with Crippen molar-refractivity contribution in [2.75, 3.05) is 12.0 Å². The summed E-state index contributed by atoms with van der Waals surface area (Å²) in [6.07, 6.45) is 3.48. The van der Waals surface area contributed by atoms with E-state index in [1.807, 2.05) is 53.4 Å². The first-order valence-corrected chi connectivity index (χ1v) is 6.52.